The standard InChI is InChI=1S/C10H19N/c1-9(2)6-7-11(5)8-10(3)4/h1,3,6-8H2,2,4-5H3. The molecule has 0 spiro atoms. The molecule has 64 valence electrons. The topological polar surface area (TPSA) is 3.24 Å². The van der Waals surface area contributed by atoms with E-state index >= 15 is 0 Å². The predicted molar refractivity (Wildman–Crippen MR) is 51.7 cm³/mol. The second-order valence-corrected chi connectivity index (χ2v) is 3.40. The Hall–Kier alpha value is -0.560. The van der Waals surface area contributed by atoms with Gasteiger partial charge in [0.15, 0.2) is 0 Å². The minimum Gasteiger partial charge on any atom is -0.302 e. The van der Waals surface area contributed by atoms with E-state index in [1.165, 1.54) is 11.1 Å². The first-order valence-corrected chi connectivity index (χ1v) is 3.99. The number of rotatable bonds is 5. The highest BCUT2D eigenvalue weighted by molar-refractivity contribution is 4.93. The van der Waals surface area contributed by atoms with Crippen molar-refractivity contribution in [2.24, 2.45) is 0 Å². The van der Waals surface area contributed by atoms with E-state index < -0.39 is 0 Å². The molecule has 0 amide bonds. The van der Waals surface area contributed by atoms with E-state index in [9.17, 15) is 0 Å². The van der Waals surface area contributed by atoms with Gasteiger partial charge in [0.25, 0.3) is 0 Å². The molecule has 0 aromatic heterocycles. The normalized spacial score (nSPS) is 10.2. The molecule has 0 aromatic rings. The summed E-state index contributed by atoms with van der Waals surface area (Å²) in [4.78, 5) is 2.26. The molecule has 0 saturated heterocycles. The van der Waals surface area contributed by atoms with Crippen molar-refractivity contribution in [2.75, 3.05) is 20.1 Å². The van der Waals surface area contributed by atoms with Gasteiger partial charge in [-0.2, -0.15) is 0 Å². The number of hydrogen-bond donors (Lipinski definition) is 0. The van der Waals surface area contributed by atoms with Crippen LogP contribution in [0.1, 0.15) is 20.3 Å². The SMILES string of the molecule is C=C(C)CCN(C)CC(=C)C. The van der Waals surface area contributed by atoms with Gasteiger partial charge in [0.2, 0.25) is 0 Å². The molecule has 0 atom stereocenters. The van der Waals surface area contributed by atoms with Gasteiger partial charge < -0.3 is 4.90 Å². The molecule has 1 heteroatoms. The number of hydrogen-bond acceptors (Lipinski definition) is 1. The maximum Gasteiger partial charge on any atom is 0.0184 e. The van der Waals surface area contributed by atoms with Crippen molar-refractivity contribution in [3.05, 3.63) is 24.3 Å². The third-order valence-electron chi connectivity index (χ3n) is 1.46. The lowest BCUT2D eigenvalue weighted by atomic mass is 10.2. The van der Waals surface area contributed by atoms with Crippen molar-refractivity contribution in [2.45, 2.75) is 20.3 Å². The van der Waals surface area contributed by atoms with Crippen molar-refractivity contribution >= 4 is 0 Å². The van der Waals surface area contributed by atoms with Crippen LogP contribution in [0.5, 0.6) is 0 Å². The van der Waals surface area contributed by atoms with Gasteiger partial charge >= 0.3 is 0 Å². The summed E-state index contributed by atoms with van der Waals surface area (Å²) in [6.45, 7) is 13.9. The molecule has 11 heavy (non-hydrogen) atoms. The minimum atomic E-state index is 0.993. The van der Waals surface area contributed by atoms with Crippen molar-refractivity contribution in [3.63, 3.8) is 0 Å². The highest BCUT2D eigenvalue weighted by atomic mass is 15.1. The first kappa shape index (κ1) is 10.4. The molecular weight excluding hydrogens is 134 g/mol. The van der Waals surface area contributed by atoms with Gasteiger partial charge in [-0.15, -0.1) is 6.58 Å². The second kappa shape index (κ2) is 5.14. The van der Waals surface area contributed by atoms with Gasteiger partial charge in [0, 0.05) is 13.1 Å². The Balaban J connectivity index is 3.44. The lowest BCUT2D eigenvalue weighted by Gasteiger charge is -2.15. The molecule has 0 radical (unpaired) electrons. The van der Waals surface area contributed by atoms with Crippen LogP contribution >= 0.6 is 0 Å². The first-order valence-electron chi connectivity index (χ1n) is 3.99. The summed E-state index contributed by atoms with van der Waals surface area (Å²) in [6.07, 6.45) is 1.09. The van der Waals surface area contributed by atoms with Gasteiger partial charge in [-0.25, -0.2) is 0 Å². The van der Waals surface area contributed by atoms with Crippen molar-refractivity contribution < 1.29 is 0 Å². The highest BCUT2D eigenvalue weighted by Crippen LogP contribution is 1.99. The molecule has 0 saturated carbocycles. The lowest BCUT2D eigenvalue weighted by Crippen LogP contribution is -2.21. The molecule has 0 fully saturated rings. The Morgan fingerprint density at radius 1 is 1.18 bits per heavy atom. The fourth-order valence-corrected chi connectivity index (χ4v) is 0.922. The van der Waals surface area contributed by atoms with Crippen LogP contribution in [0.4, 0.5) is 0 Å². The van der Waals surface area contributed by atoms with Crippen molar-refractivity contribution in [1.82, 2.24) is 4.90 Å². The number of likely N-dealkylation sites (N-methyl/N-ethyl adjacent to an activating group) is 1. The van der Waals surface area contributed by atoms with Crippen LogP contribution in [-0.4, -0.2) is 25.0 Å². The van der Waals surface area contributed by atoms with E-state index in [0.29, 0.717) is 0 Å². The Morgan fingerprint density at radius 3 is 2.09 bits per heavy atom. The third-order valence-corrected chi connectivity index (χ3v) is 1.46. The summed E-state index contributed by atoms with van der Waals surface area (Å²) in [6, 6.07) is 0. The van der Waals surface area contributed by atoms with Gasteiger partial charge in [-0.1, -0.05) is 17.7 Å². The van der Waals surface area contributed by atoms with E-state index in [0.717, 1.165) is 19.5 Å². The molecule has 0 heterocycles. The minimum absolute atomic E-state index is 0.993. The van der Waals surface area contributed by atoms with Crippen LogP contribution in [0.15, 0.2) is 24.3 Å². The van der Waals surface area contributed by atoms with E-state index in [2.05, 4.69) is 39.0 Å². The predicted octanol–water partition coefficient (Wildman–Crippen LogP) is 2.46. The Morgan fingerprint density at radius 2 is 1.73 bits per heavy atom. The molecular formula is C10H19N. The maximum atomic E-state index is 3.86. The van der Waals surface area contributed by atoms with Crippen LogP contribution < -0.4 is 0 Å². The molecule has 0 rings (SSSR count). The molecule has 0 aliphatic heterocycles. The van der Waals surface area contributed by atoms with Crippen LogP contribution in [0.25, 0.3) is 0 Å². The molecule has 0 N–H and O–H groups in total. The zero-order valence-electron chi connectivity index (χ0n) is 7.98. The summed E-state index contributed by atoms with van der Waals surface area (Å²) in [7, 11) is 2.11. The molecule has 1 nitrogen and oxygen atoms in total. The zero-order valence-corrected chi connectivity index (χ0v) is 7.98. The van der Waals surface area contributed by atoms with Crippen LogP contribution in [0.3, 0.4) is 0 Å². The summed E-state index contributed by atoms with van der Waals surface area (Å²) in [5.74, 6) is 0. The summed E-state index contributed by atoms with van der Waals surface area (Å²) < 4.78 is 0. The molecule has 0 bridgehead atoms. The van der Waals surface area contributed by atoms with Gasteiger partial charge in [-0.3, -0.25) is 0 Å². The fourth-order valence-electron chi connectivity index (χ4n) is 0.922. The average Bonchev–Trinajstić information content (AvgIpc) is 1.82. The fraction of sp³-hybridized carbons (Fsp3) is 0.600. The maximum absolute atomic E-state index is 3.86. The third kappa shape index (κ3) is 7.34. The van der Waals surface area contributed by atoms with Gasteiger partial charge in [0.05, 0.1) is 0 Å². The second-order valence-electron chi connectivity index (χ2n) is 3.40. The zero-order chi connectivity index (χ0) is 8.85. The van der Waals surface area contributed by atoms with Crippen molar-refractivity contribution in [1.29, 1.82) is 0 Å². The smallest absolute Gasteiger partial charge is 0.0184 e. The average molecular weight is 153 g/mol. The first-order chi connectivity index (χ1) is 5.02. The number of nitrogens with zero attached hydrogens (tertiary/aromatic N) is 1. The summed E-state index contributed by atoms with van der Waals surface area (Å²) in [5, 5.41) is 0. The van der Waals surface area contributed by atoms with Crippen LogP contribution in [0, 0.1) is 0 Å². The summed E-state index contributed by atoms with van der Waals surface area (Å²) in [5.41, 5.74) is 2.47. The van der Waals surface area contributed by atoms with E-state index in [1.54, 1.807) is 0 Å². The largest absolute Gasteiger partial charge is 0.302 e. The van der Waals surface area contributed by atoms with Crippen LogP contribution in [-0.2, 0) is 0 Å². The lowest BCUT2D eigenvalue weighted by molar-refractivity contribution is 0.367. The molecule has 0 aromatic carbocycles. The Labute approximate surface area is 70.4 Å². The highest BCUT2D eigenvalue weighted by Gasteiger charge is 1.96. The monoisotopic (exact) mass is 153 g/mol. The molecule has 0 aliphatic rings. The van der Waals surface area contributed by atoms with E-state index in [4.69, 9.17) is 0 Å². The Bertz CT molecular complexity index is 147. The molecule has 0 unspecified atom stereocenters. The molecule has 0 aliphatic carbocycles. The quantitative estimate of drug-likeness (QED) is 0.548. The van der Waals surface area contributed by atoms with Gasteiger partial charge in [-0.05, 0) is 27.3 Å². The van der Waals surface area contributed by atoms with Crippen molar-refractivity contribution in [3.8, 4) is 0 Å². The summed E-state index contributed by atoms with van der Waals surface area (Å²) >= 11 is 0. The van der Waals surface area contributed by atoms with Crippen LogP contribution in [0.2, 0.25) is 0 Å². The van der Waals surface area contributed by atoms with E-state index in [-0.39, 0.29) is 0 Å². The van der Waals surface area contributed by atoms with Gasteiger partial charge in [0.1, 0.15) is 0 Å². The Kier molecular flexibility index (Phi) is 4.88. The van der Waals surface area contributed by atoms with E-state index in [1.807, 2.05) is 0 Å².